The molecule has 1 aliphatic heterocycles. The van der Waals surface area contributed by atoms with Gasteiger partial charge in [0.25, 0.3) is 0 Å². The summed E-state index contributed by atoms with van der Waals surface area (Å²) in [6.45, 7) is 4.64. The van der Waals surface area contributed by atoms with Gasteiger partial charge in [0.2, 0.25) is 0 Å². The minimum absolute atomic E-state index is 0.650. The van der Waals surface area contributed by atoms with Gasteiger partial charge in [0.15, 0.2) is 0 Å². The van der Waals surface area contributed by atoms with E-state index in [1.807, 2.05) is 0 Å². The summed E-state index contributed by atoms with van der Waals surface area (Å²) in [5.74, 6) is 0.650. The Morgan fingerprint density at radius 1 is 1.26 bits per heavy atom. The van der Waals surface area contributed by atoms with Crippen molar-refractivity contribution >= 4 is 15.9 Å². The molecule has 0 radical (unpaired) electrons. The Morgan fingerprint density at radius 3 is 2.63 bits per heavy atom. The zero-order valence-corrected chi connectivity index (χ0v) is 13.7. The number of unbranched alkanes of at least 4 members (excludes halogenated alkanes) is 2. The monoisotopic (exact) mass is 324 g/mol. The van der Waals surface area contributed by atoms with Crippen molar-refractivity contribution in [1.82, 2.24) is 9.88 Å². The molecule has 2 nitrogen and oxygen atoms in total. The van der Waals surface area contributed by atoms with E-state index in [0.717, 1.165) is 11.0 Å². The quantitative estimate of drug-likeness (QED) is 0.590. The molecule has 1 saturated heterocycles. The maximum atomic E-state index is 4.80. The second kappa shape index (κ2) is 7.39. The number of piperidine rings is 1. The average Bonchev–Trinajstić information content (AvgIpc) is 2.42. The second-order valence-corrected chi connectivity index (χ2v) is 6.47. The Bertz CT molecular complexity index is 398. The standard InChI is InChI=1S/C16H25BrN2/c1-3-4-5-6-14-7-8-15(18-16(14)17)13-9-11-19(2)12-10-13/h7-8,13H,3-6,9-12H2,1-2H3. The van der Waals surface area contributed by atoms with E-state index in [2.05, 4.69) is 46.9 Å². The van der Waals surface area contributed by atoms with E-state index in [1.54, 1.807) is 0 Å². The molecule has 1 fully saturated rings. The van der Waals surface area contributed by atoms with Crippen LogP contribution in [0, 0.1) is 0 Å². The van der Waals surface area contributed by atoms with Crippen molar-refractivity contribution < 1.29 is 0 Å². The van der Waals surface area contributed by atoms with Crippen LogP contribution in [-0.2, 0) is 6.42 Å². The first kappa shape index (κ1) is 15.0. The molecule has 1 aromatic heterocycles. The fraction of sp³-hybridized carbons (Fsp3) is 0.688. The molecule has 0 saturated carbocycles. The van der Waals surface area contributed by atoms with Gasteiger partial charge in [-0.2, -0.15) is 0 Å². The predicted molar refractivity (Wildman–Crippen MR) is 84.6 cm³/mol. The Labute approximate surface area is 125 Å². The molecule has 106 valence electrons. The zero-order valence-electron chi connectivity index (χ0n) is 12.2. The summed E-state index contributed by atoms with van der Waals surface area (Å²) in [6, 6.07) is 4.53. The zero-order chi connectivity index (χ0) is 13.7. The Morgan fingerprint density at radius 2 is 2.00 bits per heavy atom. The van der Waals surface area contributed by atoms with Crippen molar-refractivity contribution in [2.75, 3.05) is 20.1 Å². The molecule has 0 aromatic carbocycles. The molecule has 0 N–H and O–H groups in total. The average molecular weight is 325 g/mol. The van der Waals surface area contributed by atoms with Crippen LogP contribution < -0.4 is 0 Å². The van der Waals surface area contributed by atoms with E-state index < -0.39 is 0 Å². The number of hydrogen-bond acceptors (Lipinski definition) is 2. The van der Waals surface area contributed by atoms with E-state index >= 15 is 0 Å². The van der Waals surface area contributed by atoms with Crippen LogP contribution in [0.1, 0.15) is 56.2 Å². The Kier molecular flexibility index (Phi) is 5.83. The Balaban J connectivity index is 1.98. The second-order valence-electron chi connectivity index (χ2n) is 5.72. The van der Waals surface area contributed by atoms with Crippen LogP contribution in [0.5, 0.6) is 0 Å². The van der Waals surface area contributed by atoms with Crippen molar-refractivity contribution in [3.8, 4) is 0 Å². The van der Waals surface area contributed by atoms with Gasteiger partial charge in [-0.3, -0.25) is 0 Å². The number of aromatic nitrogens is 1. The van der Waals surface area contributed by atoms with Gasteiger partial charge < -0.3 is 4.90 Å². The topological polar surface area (TPSA) is 16.1 Å². The first-order valence-corrected chi connectivity index (χ1v) is 8.34. The number of halogens is 1. The lowest BCUT2D eigenvalue weighted by Gasteiger charge is -2.28. The van der Waals surface area contributed by atoms with Crippen molar-refractivity contribution in [3.05, 3.63) is 28.0 Å². The maximum absolute atomic E-state index is 4.80. The first-order chi connectivity index (χ1) is 9.20. The lowest BCUT2D eigenvalue weighted by molar-refractivity contribution is 0.253. The van der Waals surface area contributed by atoms with Crippen LogP contribution in [0.4, 0.5) is 0 Å². The van der Waals surface area contributed by atoms with Crippen LogP contribution in [-0.4, -0.2) is 30.0 Å². The molecule has 3 heteroatoms. The molecule has 0 atom stereocenters. The van der Waals surface area contributed by atoms with Gasteiger partial charge in [-0.1, -0.05) is 25.8 Å². The normalized spacial score (nSPS) is 17.8. The van der Waals surface area contributed by atoms with Crippen molar-refractivity contribution in [3.63, 3.8) is 0 Å². The third-order valence-corrected chi connectivity index (χ3v) is 4.82. The number of pyridine rings is 1. The molecule has 0 unspecified atom stereocenters. The lowest BCUT2D eigenvalue weighted by atomic mass is 9.93. The van der Waals surface area contributed by atoms with Gasteiger partial charge in [0, 0.05) is 11.6 Å². The summed E-state index contributed by atoms with van der Waals surface area (Å²) in [4.78, 5) is 7.21. The highest BCUT2D eigenvalue weighted by Gasteiger charge is 2.20. The molecule has 0 bridgehead atoms. The third-order valence-electron chi connectivity index (χ3n) is 4.13. The molecule has 0 aliphatic carbocycles. The summed E-state index contributed by atoms with van der Waals surface area (Å²) >= 11 is 3.66. The van der Waals surface area contributed by atoms with Crippen molar-refractivity contribution in [1.29, 1.82) is 0 Å². The lowest BCUT2D eigenvalue weighted by Crippen LogP contribution is -2.29. The summed E-state index contributed by atoms with van der Waals surface area (Å²) in [5, 5.41) is 0. The molecular formula is C16H25BrN2. The van der Waals surface area contributed by atoms with Crippen LogP contribution >= 0.6 is 15.9 Å². The van der Waals surface area contributed by atoms with Gasteiger partial charge in [-0.05, 0) is 73.4 Å². The molecule has 19 heavy (non-hydrogen) atoms. The maximum Gasteiger partial charge on any atom is 0.109 e. The van der Waals surface area contributed by atoms with Gasteiger partial charge in [-0.15, -0.1) is 0 Å². The van der Waals surface area contributed by atoms with E-state index in [-0.39, 0.29) is 0 Å². The van der Waals surface area contributed by atoms with E-state index in [4.69, 9.17) is 4.98 Å². The van der Waals surface area contributed by atoms with E-state index in [1.165, 1.54) is 56.5 Å². The molecular weight excluding hydrogens is 300 g/mol. The van der Waals surface area contributed by atoms with Crippen LogP contribution in [0.2, 0.25) is 0 Å². The third kappa shape index (κ3) is 4.28. The van der Waals surface area contributed by atoms with Gasteiger partial charge in [0.1, 0.15) is 4.60 Å². The highest BCUT2D eigenvalue weighted by molar-refractivity contribution is 9.10. The summed E-state index contributed by atoms with van der Waals surface area (Å²) < 4.78 is 1.07. The highest BCUT2D eigenvalue weighted by Crippen LogP contribution is 2.28. The first-order valence-electron chi connectivity index (χ1n) is 7.54. The number of likely N-dealkylation sites (tertiary alicyclic amines) is 1. The van der Waals surface area contributed by atoms with Crippen molar-refractivity contribution in [2.24, 2.45) is 0 Å². The summed E-state index contributed by atoms with van der Waals surface area (Å²) in [7, 11) is 2.20. The van der Waals surface area contributed by atoms with Crippen LogP contribution in [0.15, 0.2) is 16.7 Å². The fourth-order valence-corrected chi connectivity index (χ4v) is 3.30. The molecule has 2 heterocycles. The number of rotatable bonds is 5. The molecule has 0 amide bonds. The van der Waals surface area contributed by atoms with E-state index in [9.17, 15) is 0 Å². The SMILES string of the molecule is CCCCCc1ccc(C2CCN(C)CC2)nc1Br. The number of nitrogens with zero attached hydrogens (tertiary/aromatic N) is 2. The smallest absolute Gasteiger partial charge is 0.109 e. The van der Waals surface area contributed by atoms with Crippen molar-refractivity contribution in [2.45, 2.75) is 51.4 Å². The minimum Gasteiger partial charge on any atom is -0.306 e. The fourth-order valence-electron chi connectivity index (χ4n) is 2.76. The molecule has 2 rings (SSSR count). The highest BCUT2D eigenvalue weighted by atomic mass is 79.9. The number of hydrogen-bond donors (Lipinski definition) is 0. The van der Waals surface area contributed by atoms with E-state index in [0.29, 0.717) is 5.92 Å². The van der Waals surface area contributed by atoms with Gasteiger partial charge in [0.05, 0.1) is 0 Å². The molecule has 1 aromatic rings. The summed E-state index contributed by atoms with van der Waals surface area (Å²) in [6.07, 6.45) is 7.48. The number of aryl methyl sites for hydroxylation is 1. The van der Waals surface area contributed by atoms with Gasteiger partial charge >= 0.3 is 0 Å². The van der Waals surface area contributed by atoms with Crippen LogP contribution in [0.25, 0.3) is 0 Å². The molecule has 1 aliphatic rings. The largest absolute Gasteiger partial charge is 0.306 e. The predicted octanol–water partition coefficient (Wildman–Crippen LogP) is 4.39. The van der Waals surface area contributed by atoms with Crippen LogP contribution in [0.3, 0.4) is 0 Å². The van der Waals surface area contributed by atoms with Gasteiger partial charge in [-0.25, -0.2) is 4.98 Å². The minimum atomic E-state index is 0.650. The molecule has 0 spiro atoms. The Hall–Kier alpha value is -0.410. The summed E-state index contributed by atoms with van der Waals surface area (Å²) in [5.41, 5.74) is 2.64.